The zero-order chi connectivity index (χ0) is 9.68. The summed E-state index contributed by atoms with van der Waals surface area (Å²) in [4.78, 5) is 0. The van der Waals surface area contributed by atoms with Crippen molar-refractivity contribution in [1.82, 2.24) is 5.01 Å². The van der Waals surface area contributed by atoms with Gasteiger partial charge in [0, 0.05) is 7.05 Å². The zero-order valence-corrected chi connectivity index (χ0v) is 8.27. The van der Waals surface area contributed by atoms with Crippen LogP contribution < -0.4 is 0 Å². The summed E-state index contributed by atoms with van der Waals surface area (Å²) in [5.74, 6) is 0. The van der Waals surface area contributed by atoms with E-state index in [4.69, 9.17) is 0 Å². The van der Waals surface area contributed by atoms with Crippen molar-refractivity contribution in [2.45, 2.75) is 19.4 Å². The van der Waals surface area contributed by atoms with Gasteiger partial charge in [-0.2, -0.15) is 5.10 Å². The van der Waals surface area contributed by atoms with Gasteiger partial charge in [0.1, 0.15) is 0 Å². The Balaban J connectivity index is 2.57. The molecular weight excluding hydrogens is 160 g/mol. The van der Waals surface area contributed by atoms with Crippen LogP contribution in [0, 0.1) is 0 Å². The third kappa shape index (κ3) is 2.90. The summed E-state index contributed by atoms with van der Waals surface area (Å²) in [6.45, 7) is 5.62. The fourth-order valence-electron chi connectivity index (χ4n) is 1.21. The van der Waals surface area contributed by atoms with Gasteiger partial charge >= 0.3 is 0 Å². The molecule has 0 saturated heterocycles. The van der Waals surface area contributed by atoms with E-state index in [1.165, 1.54) is 0 Å². The second kappa shape index (κ2) is 4.65. The van der Waals surface area contributed by atoms with Crippen LogP contribution in [0.5, 0.6) is 0 Å². The van der Waals surface area contributed by atoms with Gasteiger partial charge in [0.15, 0.2) is 0 Å². The standard InChI is InChI=1S/C11H16N2/c1-4-10(2)12-13(3)11-8-6-5-7-9-11/h4-8,11H,1,9H2,2-3H3. The van der Waals surface area contributed by atoms with Crippen molar-refractivity contribution < 1.29 is 0 Å². The van der Waals surface area contributed by atoms with Gasteiger partial charge in [-0.3, -0.25) is 5.01 Å². The number of likely N-dealkylation sites (N-methyl/N-ethyl adjacent to an activating group) is 1. The first-order valence-corrected chi connectivity index (χ1v) is 4.48. The van der Waals surface area contributed by atoms with Crippen LogP contribution in [0.1, 0.15) is 13.3 Å². The van der Waals surface area contributed by atoms with Crippen LogP contribution in [0.4, 0.5) is 0 Å². The first-order valence-electron chi connectivity index (χ1n) is 4.48. The average molecular weight is 176 g/mol. The number of nitrogens with zero attached hydrogens (tertiary/aromatic N) is 2. The van der Waals surface area contributed by atoms with Crippen LogP contribution in [-0.2, 0) is 0 Å². The van der Waals surface area contributed by atoms with Crippen molar-refractivity contribution >= 4 is 5.71 Å². The molecule has 0 aliphatic heterocycles. The van der Waals surface area contributed by atoms with Crippen molar-refractivity contribution in [2.24, 2.45) is 5.10 Å². The molecule has 0 radical (unpaired) electrons. The summed E-state index contributed by atoms with van der Waals surface area (Å²) in [5, 5.41) is 6.34. The monoisotopic (exact) mass is 176 g/mol. The normalized spacial score (nSPS) is 21.7. The van der Waals surface area contributed by atoms with E-state index in [-0.39, 0.29) is 0 Å². The van der Waals surface area contributed by atoms with Crippen LogP contribution in [0.3, 0.4) is 0 Å². The Bertz CT molecular complexity index is 261. The maximum absolute atomic E-state index is 4.37. The lowest BCUT2D eigenvalue weighted by atomic mass is 10.1. The van der Waals surface area contributed by atoms with Gasteiger partial charge in [-0.15, -0.1) is 0 Å². The predicted octanol–water partition coefficient (Wildman–Crippen LogP) is 2.36. The zero-order valence-electron chi connectivity index (χ0n) is 8.27. The molecule has 1 atom stereocenters. The average Bonchev–Trinajstić information content (AvgIpc) is 2.19. The lowest BCUT2D eigenvalue weighted by molar-refractivity contribution is 0.297. The highest BCUT2D eigenvalue weighted by Gasteiger charge is 2.08. The molecule has 1 rings (SSSR count). The lowest BCUT2D eigenvalue weighted by Gasteiger charge is -2.23. The Morgan fingerprint density at radius 2 is 2.38 bits per heavy atom. The number of hydrogen-bond acceptors (Lipinski definition) is 2. The highest BCUT2D eigenvalue weighted by atomic mass is 15.4. The molecule has 1 aliphatic rings. The Morgan fingerprint density at radius 1 is 1.62 bits per heavy atom. The highest BCUT2D eigenvalue weighted by Crippen LogP contribution is 2.09. The molecule has 0 fully saturated rings. The number of allylic oxidation sites excluding steroid dienone is 3. The first kappa shape index (κ1) is 9.78. The third-order valence-electron chi connectivity index (χ3n) is 2.05. The molecule has 0 bridgehead atoms. The molecule has 0 N–H and O–H groups in total. The summed E-state index contributed by atoms with van der Waals surface area (Å²) in [6, 6.07) is 0.389. The molecule has 2 heteroatoms. The van der Waals surface area contributed by atoms with Crippen molar-refractivity contribution in [3.8, 4) is 0 Å². The molecule has 2 nitrogen and oxygen atoms in total. The summed E-state index contributed by atoms with van der Waals surface area (Å²) in [5.41, 5.74) is 0.949. The van der Waals surface area contributed by atoms with E-state index in [9.17, 15) is 0 Å². The van der Waals surface area contributed by atoms with Crippen molar-refractivity contribution in [2.75, 3.05) is 7.05 Å². The predicted molar refractivity (Wildman–Crippen MR) is 57.8 cm³/mol. The minimum atomic E-state index is 0.389. The molecule has 1 unspecified atom stereocenters. The fourth-order valence-corrected chi connectivity index (χ4v) is 1.21. The maximum Gasteiger partial charge on any atom is 0.0685 e. The van der Waals surface area contributed by atoms with Gasteiger partial charge in [-0.1, -0.05) is 30.9 Å². The molecular formula is C11H16N2. The van der Waals surface area contributed by atoms with Crippen molar-refractivity contribution in [3.63, 3.8) is 0 Å². The SMILES string of the molecule is C=CC(C)=NN(C)C1C=CC=CC1. The van der Waals surface area contributed by atoms with E-state index >= 15 is 0 Å². The Hall–Kier alpha value is -1.31. The van der Waals surface area contributed by atoms with Crippen LogP contribution >= 0.6 is 0 Å². The van der Waals surface area contributed by atoms with Gasteiger partial charge in [-0.25, -0.2) is 0 Å². The van der Waals surface area contributed by atoms with Gasteiger partial charge in [-0.05, 0) is 19.4 Å². The van der Waals surface area contributed by atoms with E-state index in [0.717, 1.165) is 12.1 Å². The summed E-state index contributed by atoms with van der Waals surface area (Å²) >= 11 is 0. The number of hydrogen-bond donors (Lipinski definition) is 0. The van der Waals surface area contributed by atoms with E-state index in [1.54, 1.807) is 6.08 Å². The first-order chi connectivity index (χ1) is 6.24. The quantitative estimate of drug-likeness (QED) is 0.476. The molecule has 13 heavy (non-hydrogen) atoms. The van der Waals surface area contributed by atoms with Gasteiger partial charge < -0.3 is 0 Å². The second-order valence-electron chi connectivity index (χ2n) is 3.14. The summed E-state index contributed by atoms with van der Waals surface area (Å²) < 4.78 is 0. The van der Waals surface area contributed by atoms with Crippen molar-refractivity contribution in [1.29, 1.82) is 0 Å². The molecule has 0 aromatic heterocycles. The molecule has 70 valence electrons. The largest absolute Gasteiger partial charge is 0.293 e. The van der Waals surface area contributed by atoms with E-state index < -0.39 is 0 Å². The molecule has 0 spiro atoms. The molecule has 0 saturated carbocycles. The minimum Gasteiger partial charge on any atom is -0.293 e. The Morgan fingerprint density at radius 3 is 2.92 bits per heavy atom. The van der Waals surface area contributed by atoms with Crippen molar-refractivity contribution in [3.05, 3.63) is 37.0 Å². The van der Waals surface area contributed by atoms with Crippen LogP contribution in [0.25, 0.3) is 0 Å². The number of hydrazone groups is 1. The smallest absolute Gasteiger partial charge is 0.0685 e. The fraction of sp³-hybridized carbons (Fsp3) is 0.364. The molecule has 0 aromatic rings. The molecule has 1 aliphatic carbocycles. The Kier molecular flexibility index (Phi) is 3.50. The van der Waals surface area contributed by atoms with E-state index in [0.29, 0.717) is 6.04 Å². The van der Waals surface area contributed by atoms with E-state index in [1.807, 2.05) is 19.0 Å². The third-order valence-corrected chi connectivity index (χ3v) is 2.05. The topological polar surface area (TPSA) is 15.6 Å². The summed E-state index contributed by atoms with van der Waals surface area (Å²) in [7, 11) is 1.99. The summed E-state index contributed by atoms with van der Waals surface area (Å²) in [6.07, 6.45) is 11.2. The van der Waals surface area contributed by atoms with Crippen LogP contribution in [0.15, 0.2) is 42.1 Å². The minimum absolute atomic E-state index is 0.389. The molecule has 0 aromatic carbocycles. The second-order valence-corrected chi connectivity index (χ2v) is 3.14. The molecule has 0 amide bonds. The van der Waals surface area contributed by atoms with E-state index in [2.05, 4.69) is 36.0 Å². The number of rotatable bonds is 3. The maximum atomic E-state index is 4.37. The van der Waals surface area contributed by atoms with Gasteiger partial charge in [0.25, 0.3) is 0 Å². The lowest BCUT2D eigenvalue weighted by Crippen LogP contribution is -2.26. The van der Waals surface area contributed by atoms with Gasteiger partial charge in [0.2, 0.25) is 0 Å². The van der Waals surface area contributed by atoms with Crippen LogP contribution in [0.2, 0.25) is 0 Å². The van der Waals surface area contributed by atoms with Crippen LogP contribution in [-0.4, -0.2) is 23.8 Å². The molecule has 0 heterocycles. The van der Waals surface area contributed by atoms with Gasteiger partial charge in [0.05, 0.1) is 11.8 Å². The highest BCUT2D eigenvalue weighted by molar-refractivity contribution is 5.91. The Labute approximate surface area is 79.9 Å².